The molecule has 6 heteroatoms. The molecule has 0 saturated heterocycles. The summed E-state index contributed by atoms with van der Waals surface area (Å²) in [6, 6.07) is 4.46. The predicted molar refractivity (Wildman–Crippen MR) is 65.0 cm³/mol. The number of hydrogen-bond acceptors (Lipinski definition) is 3. The van der Waals surface area contributed by atoms with Crippen molar-refractivity contribution in [1.29, 1.82) is 0 Å². The molecule has 1 atom stereocenters. The van der Waals surface area contributed by atoms with Crippen molar-refractivity contribution in [2.24, 2.45) is 5.73 Å². The molecule has 1 rings (SSSR count). The second-order valence-corrected chi connectivity index (χ2v) is 5.79. The second kappa shape index (κ2) is 5.14. The van der Waals surface area contributed by atoms with E-state index < -0.39 is 10.0 Å². The van der Waals surface area contributed by atoms with Gasteiger partial charge in [-0.15, -0.1) is 0 Å². The van der Waals surface area contributed by atoms with Crippen LogP contribution in [0.1, 0.15) is 12.5 Å². The van der Waals surface area contributed by atoms with E-state index in [9.17, 15) is 8.42 Å². The van der Waals surface area contributed by atoms with Crippen LogP contribution in [0.3, 0.4) is 0 Å². The Kier molecular flexibility index (Phi) is 4.32. The fraction of sp³-hybridized carbons (Fsp3) is 0.400. The molecule has 0 radical (unpaired) electrons. The SMILES string of the molecule is Cc1ccc(Cl)cc1S(=O)(=O)NC(C)CN. The maximum Gasteiger partial charge on any atom is 0.241 e. The largest absolute Gasteiger partial charge is 0.329 e. The molecular weight excluding hydrogens is 248 g/mol. The molecule has 1 aromatic carbocycles. The second-order valence-electron chi connectivity index (χ2n) is 3.67. The van der Waals surface area contributed by atoms with Gasteiger partial charge in [-0.05, 0) is 31.5 Å². The summed E-state index contributed by atoms with van der Waals surface area (Å²) in [7, 11) is -3.54. The molecule has 0 bridgehead atoms. The standard InChI is InChI=1S/C10H15ClN2O2S/c1-7-3-4-9(11)5-10(7)16(14,15)13-8(2)6-12/h3-5,8,13H,6,12H2,1-2H3. The van der Waals surface area contributed by atoms with Crippen molar-refractivity contribution in [2.75, 3.05) is 6.54 Å². The zero-order valence-corrected chi connectivity index (χ0v) is 10.8. The Hall–Kier alpha value is -0.620. The summed E-state index contributed by atoms with van der Waals surface area (Å²) in [5.74, 6) is 0. The Balaban J connectivity index is 3.12. The highest BCUT2D eigenvalue weighted by molar-refractivity contribution is 7.89. The van der Waals surface area contributed by atoms with Crippen LogP contribution in [0.15, 0.2) is 23.1 Å². The minimum Gasteiger partial charge on any atom is -0.329 e. The van der Waals surface area contributed by atoms with Crippen LogP contribution >= 0.6 is 11.6 Å². The number of halogens is 1. The van der Waals surface area contributed by atoms with Gasteiger partial charge in [0.1, 0.15) is 0 Å². The molecule has 1 aromatic rings. The average molecular weight is 263 g/mol. The third kappa shape index (κ3) is 3.18. The molecular formula is C10H15ClN2O2S. The van der Waals surface area contributed by atoms with Crippen LogP contribution in [0.5, 0.6) is 0 Å². The molecule has 3 N–H and O–H groups in total. The molecule has 90 valence electrons. The first-order valence-electron chi connectivity index (χ1n) is 4.85. The number of hydrogen-bond donors (Lipinski definition) is 2. The van der Waals surface area contributed by atoms with Gasteiger partial charge in [0.15, 0.2) is 0 Å². The molecule has 0 aliphatic carbocycles. The van der Waals surface area contributed by atoms with Gasteiger partial charge in [-0.25, -0.2) is 13.1 Å². The number of rotatable bonds is 4. The Morgan fingerprint density at radius 1 is 1.50 bits per heavy atom. The molecule has 0 aliphatic heterocycles. The van der Waals surface area contributed by atoms with Crippen molar-refractivity contribution >= 4 is 21.6 Å². The van der Waals surface area contributed by atoms with Gasteiger partial charge in [-0.2, -0.15) is 0 Å². The summed E-state index contributed by atoms with van der Waals surface area (Å²) in [5, 5.41) is 0.395. The highest BCUT2D eigenvalue weighted by Crippen LogP contribution is 2.20. The molecule has 0 heterocycles. The molecule has 16 heavy (non-hydrogen) atoms. The zero-order valence-electron chi connectivity index (χ0n) is 9.20. The lowest BCUT2D eigenvalue weighted by molar-refractivity contribution is 0.562. The zero-order chi connectivity index (χ0) is 12.3. The summed E-state index contributed by atoms with van der Waals surface area (Å²) in [6.45, 7) is 3.67. The van der Waals surface area contributed by atoms with Crippen molar-refractivity contribution in [3.05, 3.63) is 28.8 Å². The fourth-order valence-electron chi connectivity index (χ4n) is 1.24. The number of aryl methyl sites for hydroxylation is 1. The van der Waals surface area contributed by atoms with Crippen molar-refractivity contribution in [2.45, 2.75) is 24.8 Å². The molecule has 0 aliphatic rings. The van der Waals surface area contributed by atoms with Gasteiger partial charge in [0.2, 0.25) is 10.0 Å². The van der Waals surface area contributed by atoms with Gasteiger partial charge < -0.3 is 5.73 Å². The Bertz CT molecular complexity index is 474. The molecule has 0 fully saturated rings. The number of sulfonamides is 1. The monoisotopic (exact) mass is 262 g/mol. The van der Waals surface area contributed by atoms with E-state index >= 15 is 0 Å². The first kappa shape index (κ1) is 13.4. The maximum atomic E-state index is 11.9. The van der Waals surface area contributed by atoms with E-state index in [2.05, 4.69) is 4.72 Å². The van der Waals surface area contributed by atoms with Gasteiger partial charge in [-0.3, -0.25) is 0 Å². The summed E-state index contributed by atoms with van der Waals surface area (Å²) in [5.41, 5.74) is 6.03. The van der Waals surface area contributed by atoms with Crippen LogP contribution in [0, 0.1) is 6.92 Å². The van der Waals surface area contributed by atoms with E-state index in [-0.39, 0.29) is 17.5 Å². The topological polar surface area (TPSA) is 72.2 Å². The third-order valence-corrected chi connectivity index (χ3v) is 4.12. The van der Waals surface area contributed by atoms with Crippen LogP contribution in [0.2, 0.25) is 5.02 Å². The first-order valence-corrected chi connectivity index (χ1v) is 6.71. The van der Waals surface area contributed by atoms with Crippen LogP contribution in [0.25, 0.3) is 0 Å². The van der Waals surface area contributed by atoms with E-state index in [1.165, 1.54) is 6.07 Å². The minimum absolute atomic E-state index is 0.195. The van der Waals surface area contributed by atoms with E-state index in [0.717, 1.165) is 0 Å². The van der Waals surface area contributed by atoms with E-state index in [4.69, 9.17) is 17.3 Å². The summed E-state index contributed by atoms with van der Waals surface area (Å²) >= 11 is 5.78. The normalized spacial score (nSPS) is 13.8. The number of nitrogens with one attached hydrogen (secondary N) is 1. The third-order valence-electron chi connectivity index (χ3n) is 2.15. The Morgan fingerprint density at radius 2 is 2.12 bits per heavy atom. The van der Waals surface area contributed by atoms with Crippen LogP contribution in [-0.4, -0.2) is 21.0 Å². The molecule has 1 unspecified atom stereocenters. The maximum absolute atomic E-state index is 11.9. The van der Waals surface area contributed by atoms with Crippen molar-refractivity contribution in [3.8, 4) is 0 Å². The number of nitrogens with two attached hydrogens (primary N) is 1. The quantitative estimate of drug-likeness (QED) is 0.858. The number of benzene rings is 1. The minimum atomic E-state index is -3.54. The van der Waals surface area contributed by atoms with Gasteiger partial charge in [0, 0.05) is 17.6 Å². The predicted octanol–water partition coefficient (Wildman–Crippen LogP) is 1.27. The van der Waals surface area contributed by atoms with Gasteiger partial charge >= 0.3 is 0 Å². The van der Waals surface area contributed by atoms with Gasteiger partial charge in [0.25, 0.3) is 0 Å². The molecule has 0 saturated carbocycles. The summed E-state index contributed by atoms with van der Waals surface area (Å²) in [4.78, 5) is 0.195. The van der Waals surface area contributed by atoms with Crippen molar-refractivity contribution < 1.29 is 8.42 Å². The van der Waals surface area contributed by atoms with E-state index in [0.29, 0.717) is 10.6 Å². The van der Waals surface area contributed by atoms with E-state index in [1.54, 1.807) is 26.0 Å². The smallest absolute Gasteiger partial charge is 0.241 e. The molecule has 0 spiro atoms. The highest BCUT2D eigenvalue weighted by atomic mass is 35.5. The van der Waals surface area contributed by atoms with Crippen LogP contribution < -0.4 is 10.5 Å². The molecule has 4 nitrogen and oxygen atoms in total. The fourth-order valence-corrected chi connectivity index (χ4v) is 3.00. The Labute approximate surface area is 101 Å². The van der Waals surface area contributed by atoms with Gasteiger partial charge in [0.05, 0.1) is 4.90 Å². The first-order chi connectivity index (χ1) is 7.36. The lowest BCUT2D eigenvalue weighted by Crippen LogP contribution is -2.38. The summed E-state index contributed by atoms with van der Waals surface area (Å²) in [6.07, 6.45) is 0. The van der Waals surface area contributed by atoms with Crippen molar-refractivity contribution in [3.63, 3.8) is 0 Å². The van der Waals surface area contributed by atoms with Crippen molar-refractivity contribution in [1.82, 2.24) is 4.72 Å². The Morgan fingerprint density at radius 3 is 2.69 bits per heavy atom. The van der Waals surface area contributed by atoms with Crippen LogP contribution in [-0.2, 0) is 10.0 Å². The van der Waals surface area contributed by atoms with E-state index in [1.807, 2.05) is 0 Å². The average Bonchev–Trinajstić information content (AvgIpc) is 2.20. The highest BCUT2D eigenvalue weighted by Gasteiger charge is 2.19. The molecule has 0 amide bonds. The molecule has 0 aromatic heterocycles. The summed E-state index contributed by atoms with van der Waals surface area (Å²) < 4.78 is 26.4. The van der Waals surface area contributed by atoms with Crippen LogP contribution in [0.4, 0.5) is 0 Å². The lowest BCUT2D eigenvalue weighted by Gasteiger charge is -2.13. The van der Waals surface area contributed by atoms with Gasteiger partial charge in [-0.1, -0.05) is 17.7 Å². The lowest BCUT2D eigenvalue weighted by atomic mass is 10.2.